The quantitative estimate of drug-likeness (QED) is 0.786. The van der Waals surface area contributed by atoms with Gasteiger partial charge >= 0.3 is 5.97 Å². The number of rotatable bonds is 6. The minimum absolute atomic E-state index is 0.121. The minimum atomic E-state index is -1.03. The summed E-state index contributed by atoms with van der Waals surface area (Å²) in [5.41, 5.74) is -0.0580. The maximum atomic E-state index is 11.5. The molecular formula is C13H15NO4. The zero-order valence-electron chi connectivity index (χ0n) is 9.89. The van der Waals surface area contributed by atoms with E-state index in [1.807, 2.05) is 30.3 Å². The summed E-state index contributed by atoms with van der Waals surface area (Å²) in [4.78, 5) is 22.4. The third-order valence-corrected chi connectivity index (χ3v) is 2.88. The van der Waals surface area contributed by atoms with Gasteiger partial charge in [-0.2, -0.15) is 0 Å². The molecule has 0 aromatic heterocycles. The van der Waals surface area contributed by atoms with Crippen molar-refractivity contribution in [2.75, 3.05) is 6.61 Å². The lowest BCUT2D eigenvalue weighted by Gasteiger charge is -2.12. The standard InChI is InChI=1S/C13H15NO4/c15-11(14-13(6-7-13)12(16)17)9-18-8-10-4-2-1-3-5-10/h1-5H,6-9H2,(H,14,15)(H,16,17). The van der Waals surface area contributed by atoms with Crippen molar-refractivity contribution in [1.29, 1.82) is 0 Å². The molecule has 1 fully saturated rings. The number of nitrogens with one attached hydrogen (secondary N) is 1. The molecule has 1 saturated carbocycles. The van der Waals surface area contributed by atoms with Crippen LogP contribution in [0.5, 0.6) is 0 Å². The molecule has 96 valence electrons. The summed E-state index contributed by atoms with van der Waals surface area (Å²) in [6.07, 6.45) is 0.986. The van der Waals surface area contributed by atoms with Gasteiger partial charge in [-0.25, -0.2) is 4.79 Å². The summed E-state index contributed by atoms with van der Waals surface area (Å²) in [5.74, 6) is -1.36. The van der Waals surface area contributed by atoms with Crippen LogP contribution in [0.15, 0.2) is 30.3 Å². The molecule has 1 amide bonds. The molecule has 0 bridgehead atoms. The van der Waals surface area contributed by atoms with Crippen LogP contribution in [0.1, 0.15) is 18.4 Å². The zero-order chi connectivity index (χ0) is 13.0. The predicted molar refractivity (Wildman–Crippen MR) is 63.8 cm³/mol. The first kappa shape index (κ1) is 12.6. The van der Waals surface area contributed by atoms with E-state index in [0.717, 1.165) is 5.56 Å². The number of hydrogen-bond acceptors (Lipinski definition) is 3. The van der Waals surface area contributed by atoms with Crippen LogP contribution in [0, 0.1) is 0 Å². The summed E-state index contributed by atoms with van der Waals surface area (Å²) < 4.78 is 5.23. The lowest BCUT2D eigenvalue weighted by atomic mass is 10.2. The number of hydrogen-bond donors (Lipinski definition) is 2. The maximum absolute atomic E-state index is 11.5. The first-order chi connectivity index (χ1) is 8.62. The monoisotopic (exact) mass is 249 g/mol. The van der Waals surface area contributed by atoms with Crippen LogP contribution >= 0.6 is 0 Å². The van der Waals surface area contributed by atoms with Crippen LogP contribution in [-0.2, 0) is 20.9 Å². The fraction of sp³-hybridized carbons (Fsp3) is 0.385. The van der Waals surface area contributed by atoms with Gasteiger partial charge in [-0.1, -0.05) is 30.3 Å². The Hall–Kier alpha value is -1.88. The highest BCUT2D eigenvalue weighted by Gasteiger charge is 2.51. The van der Waals surface area contributed by atoms with Crippen molar-refractivity contribution >= 4 is 11.9 Å². The number of benzene rings is 1. The largest absolute Gasteiger partial charge is 0.480 e. The smallest absolute Gasteiger partial charge is 0.329 e. The Morgan fingerprint density at radius 3 is 2.50 bits per heavy atom. The lowest BCUT2D eigenvalue weighted by Crippen LogP contribution is -2.44. The van der Waals surface area contributed by atoms with Gasteiger partial charge in [0.05, 0.1) is 6.61 Å². The van der Waals surface area contributed by atoms with Gasteiger partial charge in [-0.15, -0.1) is 0 Å². The van der Waals surface area contributed by atoms with E-state index >= 15 is 0 Å². The van der Waals surface area contributed by atoms with Gasteiger partial charge < -0.3 is 15.2 Å². The number of ether oxygens (including phenoxy) is 1. The van der Waals surface area contributed by atoms with E-state index in [9.17, 15) is 9.59 Å². The molecule has 0 unspecified atom stereocenters. The topological polar surface area (TPSA) is 75.6 Å². The van der Waals surface area contributed by atoms with Crippen LogP contribution in [0.25, 0.3) is 0 Å². The highest BCUT2D eigenvalue weighted by Crippen LogP contribution is 2.35. The number of carbonyl (C=O) groups is 2. The number of amides is 1. The molecule has 0 aliphatic heterocycles. The van der Waals surface area contributed by atoms with Crippen LogP contribution in [-0.4, -0.2) is 29.1 Å². The second kappa shape index (κ2) is 5.18. The molecule has 0 saturated heterocycles. The molecule has 0 atom stereocenters. The van der Waals surface area contributed by atoms with Crippen LogP contribution < -0.4 is 5.32 Å². The molecule has 2 N–H and O–H groups in total. The molecule has 5 heteroatoms. The van der Waals surface area contributed by atoms with Gasteiger partial charge in [0.2, 0.25) is 5.91 Å². The van der Waals surface area contributed by atoms with Crippen molar-refractivity contribution in [3.63, 3.8) is 0 Å². The van der Waals surface area contributed by atoms with E-state index in [1.165, 1.54) is 0 Å². The molecule has 0 spiro atoms. The van der Waals surface area contributed by atoms with Crippen molar-refractivity contribution in [1.82, 2.24) is 5.32 Å². The Morgan fingerprint density at radius 2 is 1.94 bits per heavy atom. The molecular weight excluding hydrogens is 234 g/mol. The first-order valence-corrected chi connectivity index (χ1v) is 5.78. The van der Waals surface area contributed by atoms with E-state index in [0.29, 0.717) is 19.4 Å². The van der Waals surface area contributed by atoms with Gasteiger partial charge in [0.25, 0.3) is 0 Å². The molecule has 0 radical (unpaired) electrons. The second-order valence-electron chi connectivity index (χ2n) is 4.41. The first-order valence-electron chi connectivity index (χ1n) is 5.78. The molecule has 18 heavy (non-hydrogen) atoms. The van der Waals surface area contributed by atoms with E-state index in [-0.39, 0.29) is 12.5 Å². The van der Waals surface area contributed by atoms with E-state index in [1.54, 1.807) is 0 Å². The summed E-state index contributed by atoms with van der Waals surface area (Å²) in [7, 11) is 0. The lowest BCUT2D eigenvalue weighted by molar-refractivity contribution is -0.144. The Balaban J connectivity index is 1.71. The highest BCUT2D eigenvalue weighted by atomic mass is 16.5. The van der Waals surface area contributed by atoms with Crippen molar-refractivity contribution in [3.8, 4) is 0 Å². The normalized spacial score (nSPS) is 16.0. The van der Waals surface area contributed by atoms with Crippen molar-refractivity contribution in [2.45, 2.75) is 25.0 Å². The maximum Gasteiger partial charge on any atom is 0.329 e. The second-order valence-corrected chi connectivity index (χ2v) is 4.41. The minimum Gasteiger partial charge on any atom is -0.480 e. The number of carboxylic acids is 1. The Morgan fingerprint density at radius 1 is 1.28 bits per heavy atom. The highest BCUT2D eigenvalue weighted by molar-refractivity contribution is 5.89. The summed E-state index contributed by atoms with van der Waals surface area (Å²) in [6, 6.07) is 9.49. The average molecular weight is 249 g/mol. The van der Waals surface area contributed by atoms with Crippen LogP contribution in [0.3, 0.4) is 0 Å². The van der Waals surface area contributed by atoms with Crippen LogP contribution in [0.2, 0.25) is 0 Å². The molecule has 2 rings (SSSR count). The van der Waals surface area contributed by atoms with E-state index in [4.69, 9.17) is 9.84 Å². The van der Waals surface area contributed by atoms with Crippen molar-refractivity contribution in [2.24, 2.45) is 0 Å². The van der Waals surface area contributed by atoms with Gasteiger partial charge in [0.1, 0.15) is 12.1 Å². The summed E-state index contributed by atoms with van der Waals surface area (Å²) >= 11 is 0. The summed E-state index contributed by atoms with van der Waals surface area (Å²) in [5, 5.41) is 11.4. The predicted octanol–water partition coefficient (Wildman–Crippen LogP) is 0.937. The molecule has 1 aromatic rings. The SMILES string of the molecule is O=C(COCc1ccccc1)NC1(C(=O)O)CC1. The van der Waals surface area contributed by atoms with Gasteiger partial charge in [-0.05, 0) is 18.4 Å². The molecule has 0 heterocycles. The Bertz CT molecular complexity index is 440. The third kappa shape index (κ3) is 3.07. The Labute approximate surface area is 105 Å². The Kier molecular flexibility index (Phi) is 3.62. The fourth-order valence-electron chi connectivity index (χ4n) is 1.66. The van der Waals surface area contributed by atoms with Crippen LogP contribution in [0.4, 0.5) is 0 Å². The fourth-order valence-corrected chi connectivity index (χ4v) is 1.66. The zero-order valence-corrected chi connectivity index (χ0v) is 9.89. The average Bonchev–Trinajstić information content (AvgIpc) is 3.11. The van der Waals surface area contributed by atoms with E-state index < -0.39 is 11.5 Å². The van der Waals surface area contributed by atoms with Crippen molar-refractivity contribution < 1.29 is 19.4 Å². The molecule has 5 nitrogen and oxygen atoms in total. The molecule has 1 aromatic carbocycles. The number of aliphatic carboxylic acids is 1. The molecule has 1 aliphatic rings. The molecule has 1 aliphatic carbocycles. The van der Waals surface area contributed by atoms with Gasteiger partial charge in [0, 0.05) is 0 Å². The van der Waals surface area contributed by atoms with E-state index in [2.05, 4.69) is 5.32 Å². The van der Waals surface area contributed by atoms with Gasteiger partial charge in [0.15, 0.2) is 0 Å². The number of carbonyl (C=O) groups excluding carboxylic acids is 1. The third-order valence-electron chi connectivity index (χ3n) is 2.88. The van der Waals surface area contributed by atoms with Gasteiger partial charge in [-0.3, -0.25) is 4.79 Å². The van der Waals surface area contributed by atoms with Crippen molar-refractivity contribution in [3.05, 3.63) is 35.9 Å². The number of carboxylic acid groups (broad SMARTS) is 1. The summed E-state index contributed by atoms with van der Waals surface area (Å²) in [6.45, 7) is 0.220.